The maximum Gasteiger partial charge on any atom is 0.274 e. The van der Waals surface area contributed by atoms with Gasteiger partial charge in [0.2, 0.25) is 5.91 Å². The van der Waals surface area contributed by atoms with Gasteiger partial charge in [0, 0.05) is 13.1 Å². The molecule has 0 unspecified atom stereocenters. The van der Waals surface area contributed by atoms with Crippen molar-refractivity contribution < 1.29 is 9.59 Å². The normalized spacial score (nSPS) is 19.3. The van der Waals surface area contributed by atoms with Gasteiger partial charge in [0.1, 0.15) is 5.54 Å². The highest BCUT2D eigenvalue weighted by molar-refractivity contribution is 5.98. The Morgan fingerprint density at radius 1 is 1.17 bits per heavy atom. The molecular formula is C20H35ClN6O2. The van der Waals surface area contributed by atoms with Crippen LogP contribution >= 0.6 is 12.4 Å². The van der Waals surface area contributed by atoms with E-state index >= 15 is 0 Å². The van der Waals surface area contributed by atoms with Gasteiger partial charge >= 0.3 is 0 Å². The number of hydrogen-bond donors (Lipinski definition) is 2. The van der Waals surface area contributed by atoms with E-state index in [9.17, 15) is 9.59 Å². The van der Waals surface area contributed by atoms with E-state index in [-0.39, 0.29) is 30.3 Å². The van der Waals surface area contributed by atoms with Gasteiger partial charge in [-0.3, -0.25) is 9.59 Å². The summed E-state index contributed by atoms with van der Waals surface area (Å²) >= 11 is 0. The molecule has 1 aliphatic carbocycles. The highest BCUT2D eigenvalue weighted by Crippen LogP contribution is 2.31. The van der Waals surface area contributed by atoms with Crippen LogP contribution < -0.4 is 10.6 Å². The molecule has 2 fully saturated rings. The molecule has 3 rings (SSSR count). The Morgan fingerprint density at radius 2 is 1.79 bits per heavy atom. The van der Waals surface area contributed by atoms with E-state index in [1.165, 1.54) is 0 Å². The molecule has 0 atom stereocenters. The van der Waals surface area contributed by atoms with E-state index in [0.717, 1.165) is 50.9 Å². The van der Waals surface area contributed by atoms with Crippen LogP contribution in [0, 0.1) is 6.92 Å². The predicted molar refractivity (Wildman–Crippen MR) is 114 cm³/mol. The second-order valence-electron chi connectivity index (χ2n) is 8.02. The molecule has 8 nitrogen and oxygen atoms in total. The third-order valence-electron chi connectivity index (χ3n) is 6.32. The quantitative estimate of drug-likeness (QED) is 0.727. The number of aromatic nitrogens is 3. The fourth-order valence-corrected chi connectivity index (χ4v) is 4.59. The molecule has 1 saturated carbocycles. The average molecular weight is 427 g/mol. The van der Waals surface area contributed by atoms with Crippen LogP contribution in [-0.2, 0) is 4.79 Å². The van der Waals surface area contributed by atoms with Crippen molar-refractivity contribution in [1.82, 2.24) is 30.5 Å². The lowest BCUT2D eigenvalue weighted by atomic mass is 9.80. The van der Waals surface area contributed by atoms with Crippen molar-refractivity contribution >= 4 is 24.2 Å². The molecule has 0 aromatic carbocycles. The van der Waals surface area contributed by atoms with Crippen molar-refractivity contribution in [2.45, 2.75) is 77.3 Å². The van der Waals surface area contributed by atoms with E-state index < -0.39 is 5.54 Å². The average Bonchev–Trinajstić information content (AvgIpc) is 3.11. The topological polar surface area (TPSA) is 92.2 Å². The molecule has 2 heterocycles. The molecule has 1 aliphatic heterocycles. The van der Waals surface area contributed by atoms with Gasteiger partial charge in [0.25, 0.3) is 5.91 Å². The zero-order chi connectivity index (χ0) is 20.1. The van der Waals surface area contributed by atoms with Crippen molar-refractivity contribution in [1.29, 1.82) is 0 Å². The summed E-state index contributed by atoms with van der Waals surface area (Å²) < 4.78 is 1.88. The van der Waals surface area contributed by atoms with Crippen molar-refractivity contribution in [3.63, 3.8) is 0 Å². The third kappa shape index (κ3) is 4.91. The van der Waals surface area contributed by atoms with E-state index in [0.29, 0.717) is 31.6 Å². The zero-order valence-corrected chi connectivity index (χ0v) is 18.7. The molecular weight excluding hydrogens is 392 g/mol. The Hall–Kier alpha value is -1.67. The lowest BCUT2D eigenvalue weighted by Crippen LogP contribution is -2.60. The van der Waals surface area contributed by atoms with E-state index in [4.69, 9.17) is 0 Å². The molecule has 2 amide bonds. The molecule has 9 heteroatoms. The largest absolute Gasteiger partial charge is 0.341 e. The smallest absolute Gasteiger partial charge is 0.274 e. The first kappa shape index (κ1) is 23.6. The minimum Gasteiger partial charge on any atom is -0.341 e. The Morgan fingerprint density at radius 3 is 2.38 bits per heavy atom. The minimum absolute atomic E-state index is 0. The molecule has 1 saturated heterocycles. The summed E-state index contributed by atoms with van der Waals surface area (Å²) in [6.07, 6.45) is 6.35. The number of hydrogen-bond acceptors (Lipinski definition) is 5. The van der Waals surface area contributed by atoms with Gasteiger partial charge in [-0.05, 0) is 59.5 Å². The minimum atomic E-state index is -0.813. The standard InChI is InChI=1S/C20H34N6O2.ClH/c1-4-25(5-2)19(28)20(11-7-6-8-12-20)22-18(27)17-15(3)26(24-23-17)16-9-13-21-14-10-16;/h16,21H,4-14H2,1-3H3,(H,22,27);1H. The number of nitrogens with zero attached hydrogens (tertiary/aromatic N) is 4. The van der Waals surface area contributed by atoms with Gasteiger partial charge in [-0.2, -0.15) is 0 Å². The summed E-state index contributed by atoms with van der Waals surface area (Å²) in [6, 6.07) is 0.274. The van der Waals surface area contributed by atoms with Crippen molar-refractivity contribution in [3.8, 4) is 0 Å². The van der Waals surface area contributed by atoms with Crippen LogP contribution in [0.4, 0.5) is 0 Å². The van der Waals surface area contributed by atoms with E-state index in [2.05, 4.69) is 20.9 Å². The molecule has 29 heavy (non-hydrogen) atoms. The van der Waals surface area contributed by atoms with Crippen LogP contribution in [0.5, 0.6) is 0 Å². The number of carbonyl (C=O) groups excluding carboxylic acids is 2. The monoisotopic (exact) mass is 426 g/mol. The van der Waals surface area contributed by atoms with Gasteiger partial charge in [-0.15, -0.1) is 17.5 Å². The number of piperidine rings is 1. The number of carbonyl (C=O) groups is 2. The lowest BCUT2D eigenvalue weighted by Gasteiger charge is -2.39. The molecule has 2 aliphatic rings. The fraction of sp³-hybridized carbons (Fsp3) is 0.800. The Bertz CT molecular complexity index is 691. The second kappa shape index (κ2) is 10.4. The van der Waals surface area contributed by atoms with Crippen molar-refractivity contribution in [3.05, 3.63) is 11.4 Å². The Kier molecular flexibility index (Phi) is 8.46. The molecule has 0 spiro atoms. The first-order chi connectivity index (χ1) is 13.5. The van der Waals surface area contributed by atoms with Crippen LogP contribution in [0.2, 0.25) is 0 Å². The molecule has 164 valence electrons. The summed E-state index contributed by atoms with van der Waals surface area (Å²) in [4.78, 5) is 28.2. The molecule has 1 aromatic rings. The SMILES string of the molecule is CCN(CC)C(=O)C1(NC(=O)c2nnn(C3CCNCC3)c2C)CCCCC1.Cl. The van der Waals surface area contributed by atoms with Crippen LogP contribution in [0.25, 0.3) is 0 Å². The van der Waals surface area contributed by atoms with E-state index in [1.807, 2.05) is 30.4 Å². The Labute approximate surface area is 179 Å². The number of likely N-dealkylation sites (N-methyl/N-ethyl adjacent to an activating group) is 1. The number of amides is 2. The zero-order valence-electron chi connectivity index (χ0n) is 17.9. The first-order valence-corrected chi connectivity index (χ1v) is 10.8. The highest BCUT2D eigenvalue weighted by Gasteiger charge is 2.43. The first-order valence-electron chi connectivity index (χ1n) is 10.8. The molecule has 1 aromatic heterocycles. The van der Waals surface area contributed by atoms with Gasteiger partial charge < -0.3 is 15.5 Å². The van der Waals surface area contributed by atoms with Crippen molar-refractivity contribution in [2.24, 2.45) is 0 Å². The van der Waals surface area contributed by atoms with Crippen molar-refractivity contribution in [2.75, 3.05) is 26.2 Å². The van der Waals surface area contributed by atoms with Crippen LogP contribution in [0.1, 0.15) is 81.0 Å². The lowest BCUT2D eigenvalue weighted by molar-refractivity contribution is -0.139. The third-order valence-corrected chi connectivity index (χ3v) is 6.32. The van der Waals surface area contributed by atoms with Gasteiger partial charge in [0.15, 0.2) is 5.69 Å². The maximum atomic E-state index is 13.2. The predicted octanol–water partition coefficient (Wildman–Crippen LogP) is 2.23. The fourth-order valence-electron chi connectivity index (χ4n) is 4.59. The Balaban J connectivity index is 0.00000300. The highest BCUT2D eigenvalue weighted by atomic mass is 35.5. The number of rotatable bonds is 6. The van der Waals surface area contributed by atoms with E-state index in [1.54, 1.807) is 0 Å². The van der Waals surface area contributed by atoms with Gasteiger partial charge in [0.05, 0.1) is 11.7 Å². The van der Waals surface area contributed by atoms with Gasteiger partial charge in [-0.1, -0.05) is 24.5 Å². The summed E-state index contributed by atoms with van der Waals surface area (Å²) in [7, 11) is 0. The van der Waals surface area contributed by atoms with Crippen LogP contribution in [0.15, 0.2) is 0 Å². The summed E-state index contributed by atoms with van der Waals surface area (Å²) in [5.74, 6) is -0.242. The van der Waals surface area contributed by atoms with Gasteiger partial charge in [-0.25, -0.2) is 4.68 Å². The number of nitrogens with one attached hydrogen (secondary N) is 2. The molecule has 2 N–H and O–H groups in total. The molecule has 0 bridgehead atoms. The summed E-state index contributed by atoms with van der Waals surface area (Å²) in [5, 5.41) is 14.9. The second-order valence-corrected chi connectivity index (χ2v) is 8.02. The van der Waals surface area contributed by atoms with Crippen LogP contribution in [-0.4, -0.2) is 63.4 Å². The number of halogens is 1. The van der Waals surface area contributed by atoms with Crippen LogP contribution in [0.3, 0.4) is 0 Å². The summed E-state index contributed by atoms with van der Waals surface area (Å²) in [6.45, 7) is 9.06. The molecule has 0 radical (unpaired) electrons. The maximum absolute atomic E-state index is 13.2. The summed E-state index contributed by atoms with van der Waals surface area (Å²) in [5.41, 5.74) is 0.313.